The fourth-order valence-corrected chi connectivity index (χ4v) is 2.71. The number of rotatable bonds is 6. The highest BCUT2D eigenvalue weighted by Crippen LogP contribution is 2.34. The van der Waals surface area contributed by atoms with Crippen LogP contribution in [0.5, 0.6) is 0 Å². The topological polar surface area (TPSA) is 75.5 Å². The molecule has 6 heteroatoms. The number of nitro benzene ring substituents is 1. The Kier molecular flexibility index (Phi) is 3.76. The molecule has 0 aromatic heterocycles. The Bertz CT molecular complexity index is 605. The molecular weight excluding hydrogens is 282 g/mol. The van der Waals surface area contributed by atoms with Gasteiger partial charge in [-0.05, 0) is 51.7 Å². The fourth-order valence-electron chi connectivity index (χ4n) is 2.71. The van der Waals surface area contributed by atoms with Gasteiger partial charge in [0.25, 0.3) is 11.6 Å². The number of anilines is 1. The first kappa shape index (κ1) is 14.8. The smallest absolute Gasteiger partial charge is 0.293 e. The van der Waals surface area contributed by atoms with E-state index in [0.717, 1.165) is 25.7 Å². The Hall–Kier alpha value is -2.11. The van der Waals surface area contributed by atoms with Crippen LogP contribution in [-0.2, 0) is 0 Å². The molecule has 1 aromatic carbocycles. The van der Waals surface area contributed by atoms with Crippen LogP contribution in [0.2, 0.25) is 0 Å². The van der Waals surface area contributed by atoms with E-state index >= 15 is 0 Å². The molecule has 0 aliphatic heterocycles. The normalized spacial score (nSPS) is 17.4. The first-order chi connectivity index (χ1) is 10.5. The lowest BCUT2D eigenvalue weighted by Crippen LogP contribution is -2.38. The first-order valence-electron chi connectivity index (χ1n) is 7.85. The molecule has 0 unspecified atom stereocenters. The SMILES string of the molecule is CC(C)N(C(=O)c1ccc(NC2CC2)c([N+](=O)[O-])c1)C1CC1. The van der Waals surface area contributed by atoms with Gasteiger partial charge in [-0.25, -0.2) is 0 Å². The molecule has 3 rings (SSSR count). The maximum absolute atomic E-state index is 12.7. The molecule has 2 aliphatic carbocycles. The third-order valence-corrected chi connectivity index (χ3v) is 4.11. The molecule has 2 saturated carbocycles. The first-order valence-corrected chi connectivity index (χ1v) is 7.85. The highest BCUT2D eigenvalue weighted by molar-refractivity contribution is 5.96. The maximum Gasteiger partial charge on any atom is 0.293 e. The lowest BCUT2D eigenvalue weighted by Gasteiger charge is -2.26. The molecule has 0 saturated heterocycles. The van der Waals surface area contributed by atoms with E-state index in [1.54, 1.807) is 12.1 Å². The number of carbonyl (C=O) groups is 1. The van der Waals surface area contributed by atoms with E-state index in [0.29, 0.717) is 17.3 Å². The van der Waals surface area contributed by atoms with Crippen LogP contribution in [0.15, 0.2) is 18.2 Å². The molecule has 2 fully saturated rings. The monoisotopic (exact) mass is 303 g/mol. The van der Waals surface area contributed by atoms with Crippen LogP contribution in [-0.4, -0.2) is 33.9 Å². The molecule has 1 amide bonds. The zero-order chi connectivity index (χ0) is 15.9. The summed E-state index contributed by atoms with van der Waals surface area (Å²) in [5.74, 6) is -0.112. The van der Waals surface area contributed by atoms with Crippen molar-refractivity contribution in [2.75, 3.05) is 5.32 Å². The summed E-state index contributed by atoms with van der Waals surface area (Å²) in [6.45, 7) is 3.96. The average molecular weight is 303 g/mol. The van der Waals surface area contributed by atoms with E-state index in [1.165, 1.54) is 6.07 Å². The van der Waals surface area contributed by atoms with Gasteiger partial charge in [-0.1, -0.05) is 0 Å². The van der Waals surface area contributed by atoms with Crippen molar-refractivity contribution in [1.82, 2.24) is 4.90 Å². The highest BCUT2D eigenvalue weighted by Gasteiger charge is 2.35. The van der Waals surface area contributed by atoms with Gasteiger partial charge in [-0.2, -0.15) is 0 Å². The van der Waals surface area contributed by atoms with Crippen molar-refractivity contribution in [3.63, 3.8) is 0 Å². The number of benzene rings is 1. The van der Waals surface area contributed by atoms with Gasteiger partial charge in [-0.3, -0.25) is 14.9 Å². The third-order valence-electron chi connectivity index (χ3n) is 4.11. The minimum atomic E-state index is -0.418. The van der Waals surface area contributed by atoms with Crippen LogP contribution in [0.3, 0.4) is 0 Å². The Balaban J connectivity index is 1.88. The van der Waals surface area contributed by atoms with E-state index in [1.807, 2.05) is 18.7 Å². The number of nitrogens with zero attached hydrogens (tertiary/aromatic N) is 2. The van der Waals surface area contributed by atoms with Crippen molar-refractivity contribution in [3.05, 3.63) is 33.9 Å². The molecule has 22 heavy (non-hydrogen) atoms. The molecule has 0 bridgehead atoms. The van der Waals surface area contributed by atoms with Crippen LogP contribution < -0.4 is 5.32 Å². The summed E-state index contributed by atoms with van der Waals surface area (Å²) in [5, 5.41) is 14.4. The summed E-state index contributed by atoms with van der Waals surface area (Å²) in [6, 6.07) is 5.48. The zero-order valence-corrected chi connectivity index (χ0v) is 12.9. The summed E-state index contributed by atoms with van der Waals surface area (Å²) in [6.07, 6.45) is 4.13. The zero-order valence-electron chi connectivity index (χ0n) is 12.9. The Morgan fingerprint density at radius 1 is 1.32 bits per heavy atom. The summed E-state index contributed by atoms with van der Waals surface area (Å²) < 4.78 is 0. The van der Waals surface area contributed by atoms with E-state index in [-0.39, 0.29) is 23.7 Å². The number of hydrogen-bond acceptors (Lipinski definition) is 4. The van der Waals surface area contributed by atoms with Gasteiger partial charge in [0.15, 0.2) is 0 Å². The van der Waals surface area contributed by atoms with Crippen molar-refractivity contribution in [1.29, 1.82) is 0 Å². The Morgan fingerprint density at radius 3 is 2.50 bits per heavy atom. The predicted molar refractivity (Wildman–Crippen MR) is 84.1 cm³/mol. The standard InChI is InChI=1S/C16H21N3O3/c1-10(2)18(13-6-7-13)16(20)11-3-8-14(17-12-4-5-12)15(9-11)19(21)22/h3,8-10,12-13,17H,4-7H2,1-2H3. The molecule has 0 atom stereocenters. The molecule has 6 nitrogen and oxygen atoms in total. The second-order valence-corrected chi connectivity index (χ2v) is 6.44. The molecule has 0 radical (unpaired) electrons. The minimum absolute atomic E-state index is 0.0164. The van der Waals surface area contributed by atoms with Gasteiger partial charge >= 0.3 is 0 Å². The number of nitro groups is 1. The van der Waals surface area contributed by atoms with Crippen molar-refractivity contribution in [2.45, 2.75) is 57.7 Å². The van der Waals surface area contributed by atoms with Crippen molar-refractivity contribution < 1.29 is 9.72 Å². The van der Waals surface area contributed by atoms with Crippen LogP contribution >= 0.6 is 0 Å². The van der Waals surface area contributed by atoms with Crippen LogP contribution in [0.4, 0.5) is 11.4 Å². The molecule has 118 valence electrons. The molecule has 2 aliphatic rings. The van der Waals surface area contributed by atoms with Crippen molar-refractivity contribution in [2.24, 2.45) is 0 Å². The number of amides is 1. The van der Waals surface area contributed by atoms with Gasteiger partial charge in [0, 0.05) is 29.8 Å². The number of carbonyl (C=O) groups excluding carboxylic acids is 1. The van der Waals surface area contributed by atoms with Gasteiger partial charge < -0.3 is 10.2 Å². The maximum atomic E-state index is 12.7. The Morgan fingerprint density at radius 2 is 2.00 bits per heavy atom. The minimum Gasteiger partial charge on any atom is -0.377 e. The molecule has 1 aromatic rings. The fraction of sp³-hybridized carbons (Fsp3) is 0.562. The summed E-state index contributed by atoms with van der Waals surface area (Å²) in [4.78, 5) is 25.4. The second kappa shape index (κ2) is 5.59. The molecule has 1 N–H and O–H groups in total. The van der Waals surface area contributed by atoms with E-state index in [9.17, 15) is 14.9 Å². The lowest BCUT2D eigenvalue weighted by atomic mass is 10.1. The van der Waals surface area contributed by atoms with E-state index in [2.05, 4.69) is 5.32 Å². The third kappa shape index (κ3) is 3.05. The summed E-state index contributed by atoms with van der Waals surface area (Å²) in [5.41, 5.74) is 0.887. The van der Waals surface area contributed by atoms with Gasteiger partial charge in [-0.15, -0.1) is 0 Å². The highest BCUT2D eigenvalue weighted by atomic mass is 16.6. The van der Waals surface area contributed by atoms with Crippen molar-refractivity contribution >= 4 is 17.3 Å². The molecule has 0 heterocycles. The number of hydrogen-bond donors (Lipinski definition) is 1. The quantitative estimate of drug-likeness (QED) is 0.647. The average Bonchev–Trinajstić information content (AvgIpc) is 3.33. The molecular formula is C16H21N3O3. The van der Waals surface area contributed by atoms with Crippen LogP contribution in [0.25, 0.3) is 0 Å². The van der Waals surface area contributed by atoms with Crippen LogP contribution in [0, 0.1) is 10.1 Å². The van der Waals surface area contributed by atoms with Gasteiger partial charge in [0.2, 0.25) is 0 Å². The van der Waals surface area contributed by atoms with Crippen LogP contribution in [0.1, 0.15) is 49.9 Å². The van der Waals surface area contributed by atoms with E-state index in [4.69, 9.17) is 0 Å². The summed E-state index contributed by atoms with van der Waals surface area (Å²) in [7, 11) is 0. The largest absolute Gasteiger partial charge is 0.377 e. The second-order valence-electron chi connectivity index (χ2n) is 6.44. The number of nitrogens with one attached hydrogen (secondary N) is 1. The molecule has 0 spiro atoms. The van der Waals surface area contributed by atoms with Crippen molar-refractivity contribution in [3.8, 4) is 0 Å². The summed E-state index contributed by atoms with van der Waals surface area (Å²) >= 11 is 0. The Labute approximate surface area is 129 Å². The van der Waals surface area contributed by atoms with Gasteiger partial charge in [0.05, 0.1) is 4.92 Å². The van der Waals surface area contributed by atoms with E-state index < -0.39 is 4.92 Å². The predicted octanol–water partition coefficient (Wildman–Crippen LogP) is 3.18. The van der Waals surface area contributed by atoms with Gasteiger partial charge in [0.1, 0.15) is 5.69 Å². The lowest BCUT2D eigenvalue weighted by molar-refractivity contribution is -0.384.